The lowest BCUT2D eigenvalue weighted by atomic mass is 9.80. The maximum Gasteiger partial charge on any atom is 0.391 e. The molecule has 188 valence electrons. The first-order valence-corrected chi connectivity index (χ1v) is 11.4. The van der Waals surface area contributed by atoms with Gasteiger partial charge in [0.2, 0.25) is 5.95 Å². The van der Waals surface area contributed by atoms with Crippen LogP contribution in [0.5, 0.6) is 0 Å². The van der Waals surface area contributed by atoms with Crippen molar-refractivity contribution < 1.29 is 31.1 Å². The molecule has 1 aromatic heterocycles. The summed E-state index contributed by atoms with van der Waals surface area (Å²) < 4.78 is 79.4. The van der Waals surface area contributed by atoms with Crippen LogP contribution in [0.4, 0.5) is 32.3 Å². The molecule has 35 heavy (non-hydrogen) atoms. The van der Waals surface area contributed by atoms with E-state index < -0.39 is 24.7 Å². The highest BCUT2D eigenvalue weighted by atomic mass is 19.4. The highest BCUT2D eigenvalue weighted by Crippen LogP contribution is 2.44. The number of imidazole rings is 1. The topological polar surface area (TPSA) is 38.1 Å². The van der Waals surface area contributed by atoms with Gasteiger partial charge in [-0.05, 0) is 43.7 Å². The van der Waals surface area contributed by atoms with Crippen molar-refractivity contribution in [1.82, 2.24) is 9.55 Å². The highest BCUT2D eigenvalue weighted by Gasteiger charge is 2.42. The summed E-state index contributed by atoms with van der Waals surface area (Å²) in [5.74, 6) is -1.08. The molecule has 2 aromatic rings. The molecule has 0 bridgehead atoms. The number of halogens is 6. The van der Waals surface area contributed by atoms with Crippen LogP contribution in [0.2, 0.25) is 0 Å². The number of hydrogen-bond acceptors (Lipinski definition) is 3. The Kier molecular flexibility index (Phi) is 6.83. The first-order valence-electron chi connectivity index (χ1n) is 11.4. The fraction of sp³-hybridized carbons (Fsp3) is 0.440. The number of hydrogen-bond donors (Lipinski definition) is 0. The second kappa shape index (κ2) is 9.54. The average Bonchev–Trinajstić information content (AvgIpc) is 3.25. The molecular weight excluding hydrogens is 472 g/mol. The van der Waals surface area contributed by atoms with Gasteiger partial charge in [0, 0.05) is 36.3 Å². The quantitative estimate of drug-likeness (QED) is 0.313. The maximum absolute atomic E-state index is 13.1. The molecule has 0 saturated heterocycles. The number of carbonyl (C=O) groups excluding carboxylic acids is 1. The summed E-state index contributed by atoms with van der Waals surface area (Å²) in [6.45, 7) is 4.09. The largest absolute Gasteiger partial charge is 0.391 e. The Hall–Kier alpha value is -3.04. The van der Waals surface area contributed by atoms with Crippen LogP contribution in [0.3, 0.4) is 0 Å². The summed E-state index contributed by atoms with van der Waals surface area (Å²) in [7, 11) is 0. The molecule has 0 unspecified atom stereocenters. The van der Waals surface area contributed by atoms with Gasteiger partial charge < -0.3 is 4.90 Å². The Morgan fingerprint density at radius 2 is 1.69 bits per heavy atom. The van der Waals surface area contributed by atoms with E-state index in [1.54, 1.807) is 46.0 Å². The van der Waals surface area contributed by atoms with Crippen LogP contribution in [0.25, 0.3) is 11.4 Å². The van der Waals surface area contributed by atoms with Crippen LogP contribution in [-0.4, -0.2) is 34.7 Å². The van der Waals surface area contributed by atoms with Crippen molar-refractivity contribution in [2.45, 2.75) is 56.8 Å². The number of aromatic nitrogens is 2. The summed E-state index contributed by atoms with van der Waals surface area (Å²) in [6.07, 6.45) is -4.73. The van der Waals surface area contributed by atoms with Crippen molar-refractivity contribution >= 4 is 23.6 Å². The van der Waals surface area contributed by atoms with E-state index in [0.29, 0.717) is 53.3 Å². The average molecular weight is 497 g/mol. The molecule has 2 aliphatic rings. The van der Waals surface area contributed by atoms with Crippen LogP contribution in [0.1, 0.15) is 66.1 Å². The second-order valence-corrected chi connectivity index (χ2v) is 9.06. The Bertz CT molecular complexity index is 1110. The van der Waals surface area contributed by atoms with E-state index in [4.69, 9.17) is 0 Å². The number of fused-ring (bicyclic) bond motifs is 1. The molecule has 0 N–H and O–H groups in total. The van der Waals surface area contributed by atoms with Crippen molar-refractivity contribution in [3.63, 3.8) is 0 Å². The zero-order chi connectivity index (χ0) is 25.4. The van der Waals surface area contributed by atoms with Crippen molar-refractivity contribution in [2.75, 3.05) is 11.4 Å². The molecule has 0 radical (unpaired) electrons. The fourth-order valence-corrected chi connectivity index (χ4v) is 4.75. The molecule has 1 aliphatic heterocycles. The minimum atomic E-state index is -4.30. The van der Waals surface area contributed by atoms with Gasteiger partial charge in [-0.25, -0.2) is 4.98 Å². The van der Waals surface area contributed by atoms with Crippen LogP contribution >= 0.6 is 0 Å². The van der Waals surface area contributed by atoms with Gasteiger partial charge >= 0.3 is 12.4 Å². The Labute approximate surface area is 198 Å². The molecule has 4 rings (SSSR count). The minimum Gasteiger partial charge on any atom is -0.311 e. The molecule has 0 amide bonds. The van der Waals surface area contributed by atoms with Gasteiger partial charge in [0.15, 0.2) is 0 Å². The molecule has 1 saturated carbocycles. The Morgan fingerprint density at radius 1 is 1.03 bits per heavy atom. The van der Waals surface area contributed by atoms with Gasteiger partial charge in [-0.1, -0.05) is 30.8 Å². The third-order valence-corrected chi connectivity index (χ3v) is 6.64. The fourth-order valence-electron chi connectivity index (χ4n) is 4.75. The summed E-state index contributed by atoms with van der Waals surface area (Å²) in [6, 6.07) is 6.64. The van der Waals surface area contributed by atoms with Gasteiger partial charge in [0.05, 0.1) is 17.3 Å². The molecule has 10 heteroatoms. The first-order chi connectivity index (χ1) is 16.5. The molecule has 1 fully saturated rings. The number of allylic oxidation sites excluding steroid dienone is 2. The van der Waals surface area contributed by atoms with E-state index in [-0.39, 0.29) is 31.7 Å². The van der Waals surface area contributed by atoms with E-state index in [2.05, 4.69) is 11.6 Å². The number of alkyl halides is 6. The molecule has 0 spiro atoms. The third kappa shape index (κ3) is 5.62. The second-order valence-electron chi connectivity index (χ2n) is 9.06. The first kappa shape index (κ1) is 25.1. The van der Waals surface area contributed by atoms with Crippen molar-refractivity contribution in [2.24, 2.45) is 5.92 Å². The standard InChI is InChI=1S/C25H25F6N3O/c1-16-13-22(19-5-3-17(15-35)4-6-19)33(12-2-11-24(26,27)28)23-32-21(14-34(16)23)18-7-9-20(10-8-18)25(29,30)31/h3-6,13-15,18,20H,1-2,7-12H2. The number of rotatable bonds is 6. The van der Waals surface area contributed by atoms with Crippen LogP contribution in [0, 0.1) is 5.92 Å². The zero-order valence-corrected chi connectivity index (χ0v) is 18.9. The number of carbonyl (C=O) groups is 1. The lowest BCUT2D eigenvalue weighted by Gasteiger charge is -2.31. The lowest BCUT2D eigenvalue weighted by Crippen LogP contribution is -2.29. The van der Waals surface area contributed by atoms with E-state index in [1.165, 1.54) is 0 Å². The van der Waals surface area contributed by atoms with Gasteiger partial charge in [0.1, 0.15) is 6.29 Å². The Morgan fingerprint density at radius 3 is 2.26 bits per heavy atom. The van der Waals surface area contributed by atoms with Crippen LogP contribution in [-0.2, 0) is 0 Å². The summed E-state index contributed by atoms with van der Waals surface area (Å²) in [5, 5.41) is 0. The number of nitrogens with zero attached hydrogens (tertiary/aromatic N) is 3. The number of benzene rings is 1. The van der Waals surface area contributed by atoms with E-state index in [9.17, 15) is 31.1 Å². The minimum absolute atomic E-state index is 0.0270. The molecule has 2 heterocycles. The highest BCUT2D eigenvalue weighted by molar-refractivity contribution is 5.89. The summed E-state index contributed by atoms with van der Waals surface area (Å²) in [4.78, 5) is 17.4. The molecule has 1 aliphatic carbocycles. The third-order valence-electron chi connectivity index (χ3n) is 6.64. The van der Waals surface area contributed by atoms with E-state index in [0.717, 1.165) is 0 Å². The SMILES string of the molecule is C=C1C=C(c2ccc(C=O)cc2)N(CCCC(F)(F)F)c2nc(C3CCC(C(F)(F)F)CC3)cn21. The summed E-state index contributed by atoms with van der Waals surface area (Å²) in [5.41, 5.74) is 2.91. The predicted octanol–water partition coefficient (Wildman–Crippen LogP) is 7.21. The number of anilines is 1. The van der Waals surface area contributed by atoms with E-state index >= 15 is 0 Å². The van der Waals surface area contributed by atoms with Crippen molar-refractivity contribution in [3.05, 3.63) is 59.9 Å². The van der Waals surface area contributed by atoms with Gasteiger partial charge in [0.25, 0.3) is 0 Å². The van der Waals surface area contributed by atoms with Gasteiger partial charge in [-0.15, -0.1) is 0 Å². The molecule has 4 nitrogen and oxygen atoms in total. The number of aldehydes is 1. The predicted molar refractivity (Wildman–Crippen MR) is 121 cm³/mol. The molecule has 1 aromatic carbocycles. The van der Waals surface area contributed by atoms with Crippen LogP contribution < -0.4 is 4.90 Å². The smallest absolute Gasteiger partial charge is 0.311 e. The van der Waals surface area contributed by atoms with Gasteiger partial charge in [-0.2, -0.15) is 26.3 Å². The maximum atomic E-state index is 13.1. The lowest BCUT2D eigenvalue weighted by molar-refractivity contribution is -0.182. The van der Waals surface area contributed by atoms with Crippen molar-refractivity contribution in [1.29, 1.82) is 0 Å². The normalized spacial score (nSPS) is 21.0. The van der Waals surface area contributed by atoms with Crippen molar-refractivity contribution in [3.8, 4) is 0 Å². The zero-order valence-electron chi connectivity index (χ0n) is 18.9. The summed E-state index contributed by atoms with van der Waals surface area (Å²) >= 11 is 0. The van der Waals surface area contributed by atoms with Crippen LogP contribution in [0.15, 0.2) is 43.1 Å². The Balaban J connectivity index is 1.62. The monoisotopic (exact) mass is 497 g/mol. The molecule has 0 atom stereocenters. The molecular formula is C25H25F6N3O. The van der Waals surface area contributed by atoms with E-state index in [1.807, 2.05) is 0 Å². The van der Waals surface area contributed by atoms with Gasteiger partial charge in [-0.3, -0.25) is 9.36 Å².